The van der Waals surface area contributed by atoms with Crippen LogP contribution in [-0.2, 0) is 15.8 Å². The molecule has 210 valence electrons. The summed E-state index contributed by atoms with van der Waals surface area (Å²) in [6.07, 6.45) is 0.558. The van der Waals surface area contributed by atoms with Crippen molar-refractivity contribution in [3.05, 3.63) is 114 Å². The maximum absolute atomic E-state index is 11.2. The largest absolute Gasteiger partial charge is 0.507 e. The Balaban J connectivity index is 1.44. The SMILES string of the molecule is O=C(O)c1cc(N=Nc2ccc(N=Nc3c(Cc4ccccc4)ccc4cc(SOOO)cc(O)c34)cc2)ccc1O. The number of aromatic carboxylic acids is 1. The Hall–Kier alpha value is -5.14. The maximum Gasteiger partial charge on any atom is 0.339 e. The number of aromatic hydroxyl groups is 2. The van der Waals surface area contributed by atoms with Crippen LogP contribution in [0, 0.1) is 0 Å². The van der Waals surface area contributed by atoms with Crippen LogP contribution in [0.25, 0.3) is 10.8 Å². The zero-order valence-electron chi connectivity index (χ0n) is 21.7. The number of carboxylic acid groups (broad SMARTS) is 1. The Morgan fingerprint density at radius 1 is 0.738 bits per heavy atom. The molecular weight excluding hydrogens is 560 g/mol. The second-order valence-corrected chi connectivity index (χ2v) is 9.70. The number of benzene rings is 5. The van der Waals surface area contributed by atoms with E-state index < -0.39 is 5.97 Å². The molecule has 0 heterocycles. The molecule has 0 saturated carbocycles. The third-order valence-corrected chi connectivity index (χ3v) is 6.69. The second-order valence-electron chi connectivity index (χ2n) is 8.93. The average molecular weight is 583 g/mol. The van der Waals surface area contributed by atoms with E-state index >= 15 is 0 Å². The molecule has 12 heteroatoms. The molecule has 0 aromatic heterocycles. The Labute approximate surface area is 243 Å². The highest BCUT2D eigenvalue weighted by atomic mass is 32.2. The van der Waals surface area contributed by atoms with E-state index in [0.717, 1.165) is 23.2 Å². The summed E-state index contributed by atoms with van der Waals surface area (Å²) >= 11 is 0.739. The van der Waals surface area contributed by atoms with E-state index in [1.54, 1.807) is 30.3 Å². The van der Waals surface area contributed by atoms with Gasteiger partial charge in [0.2, 0.25) is 0 Å². The number of rotatable bonds is 10. The molecule has 0 fully saturated rings. The van der Waals surface area contributed by atoms with Crippen molar-refractivity contribution >= 4 is 51.5 Å². The van der Waals surface area contributed by atoms with Gasteiger partial charge < -0.3 is 15.3 Å². The lowest BCUT2D eigenvalue weighted by Crippen LogP contribution is -1.95. The number of hydrogen-bond donors (Lipinski definition) is 4. The Bertz CT molecular complexity index is 1800. The molecule has 0 aliphatic rings. The zero-order chi connectivity index (χ0) is 29.5. The topological polar surface area (TPSA) is 166 Å². The molecule has 0 aliphatic carbocycles. The van der Waals surface area contributed by atoms with E-state index in [2.05, 4.69) is 29.8 Å². The fourth-order valence-corrected chi connectivity index (χ4v) is 4.63. The van der Waals surface area contributed by atoms with Crippen LogP contribution < -0.4 is 0 Å². The molecule has 0 unspecified atom stereocenters. The summed E-state index contributed by atoms with van der Waals surface area (Å²) < 4.78 is 4.50. The Morgan fingerprint density at radius 2 is 1.40 bits per heavy atom. The number of phenolic OH excluding ortho intramolecular Hbond substituents is 1. The Kier molecular flexibility index (Phi) is 8.80. The van der Waals surface area contributed by atoms with Crippen molar-refractivity contribution < 1.29 is 34.7 Å². The maximum atomic E-state index is 11.2. The predicted octanol–water partition coefficient (Wildman–Crippen LogP) is 8.80. The number of carbonyl (C=O) groups is 1. The summed E-state index contributed by atoms with van der Waals surface area (Å²) in [6.45, 7) is 0. The smallest absolute Gasteiger partial charge is 0.339 e. The molecule has 0 atom stereocenters. The van der Waals surface area contributed by atoms with Gasteiger partial charge in [0.25, 0.3) is 0 Å². The average Bonchev–Trinajstić information content (AvgIpc) is 3.00. The molecule has 4 N–H and O–H groups in total. The first-order valence-electron chi connectivity index (χ1n) is 12.4. The highest BCUT2D eigenvalue weighted by molar-refractivity contribution is 7.94. The van der Waals surface area contributed by atoms with Crippen molar-refractivity contribution in [2.75, 3.05) is 0 Å². The summed E-state index contributed by atoms with van der Waals surface area (Å²) in [6, 6.07) is 27.5. The molecule has 5 rings (SSSR count). The minimum atomic E-state index is -1.27. The van der Waals surface area contributed by atoms with Gasteiger partial charge in [-0.15, -0.1) is 9.45 Å². The van der Waals surface area contributed by atoms with Gasteiger partial charge in [-0.2, -0.15) is 15.3 Å². The monoisotopic (exact) mass is 582 g/mol. The number of hydrogen-bond acceptors (Lipinski definition) is 11. The van der Waals surface area contributed by atoms with Crippen molar-refractivity contribution in [2.24, 2.45) is 20.5 Å². The summed E-state index contributed by atoms with van der Waals surface area (Å²) in [5.41, 5.74) is 3.43. The van der Waals surface area contributed by atoms with Crippen molar-refractivity contribution in [2.45, 2.75) is 11.3 Å². The summed E-state index contributed by atoms with van der Waals surface area (Å²) in [4.78, 5) is 11.7. The van der Waals surface area contributed by atoms with Crippen LogP contribution in [0.2, 0.25) is 0 Å². The number of nitrogens with zero attached hydrogens (tertiary/aromatic N) is 4. The van der Waals surface area contributed by atoms with E-state index in [9.17, 15) is 15.0 Å². The number of phenols is 2. The van der Waals surface area contributed by atoms with Crippen LogP contribution in [0.15, 0.2) is 122 Å². The normalized spacial score (nSPS) is 11.5. The molecule has 0 amide bonds. The van der Waals surface area contributed by atoms with Gasteiger partial charge in [0.1, 0.15) is 22.7 Å². The number of fused-ring (bicyclic) bond motifs is 1. The Morgan fingerprint density at radius 3 is 2.10 bits per heavy atom. The molecule has 0 spiro atoms. The summed E-state index contributed by atoms with van der Waals surface area (Å²) in [5.74, 6) is -1.67. The first-order chi connectivity index (χ1) is 20.4. The van der Waals surface area contributed by atoms with Crippen molar-refractivity contribution in [1.29, 1.82) is 0 Å². The van der Waals surface area contributed by atoms with Gasteiger partial charge in [-0.05, 0) is 77.5 Å². The van der Waals surface area contributed by atoms with Crippen molar-refractivity contribution in [3.63, 3.8) is 0 Å². The lowest BCUT2D eigenvalue weighted by molar-refractivity contribution is -0.432. The summed E-state index contributed by atoms with van der Waals surface area (Å²) in [7, 11) is 0. The van der Waals surface area contributed by atoms with E-state index in [-0.39, 0.29) is 22.7 Å². The second kappa shape index (κ2) is 13.0. The third kappa shape index (κ3) is 6.77. The van der Waals surface area contributed by atoms with Crippen LogP contribution in [0.4, 0.5) is 22.7 Å². The number of azo groups is 2. The standard InChI is InChI=1S/C30H22N4O7S/c35-26-13-12-23(16-25(26)30(37)38)33-31-21-8-10-22(11-9-21)32-34-29-20(14-18-4-2-1-3-5-18)7-6-19-15-24(42-41-40-39)17-27(36)28(19)29/h1-13,15-17,35-36,39H,14H2,(H,37,38). The molecule has 5 aromatic rings. The third-order valence-electron chi connectivity index (χ3n) is 6.13. The van der Waals surface area contributed by atoms with Gasteiger partial charge in [0.05, 0.1) is 34.5 Å². The van der Waals surface area contributed by atoms with E-state index in [1.165, 1.54) is 24.3 Å². The highest BCUT2D eigenvalue weighted by Crippen LogP contribution is 2.41. The first kappa shape index (κ1) is 28.4. The van der Waals surface area contributed by atoms with Crippen LogP contribution in [0.1, 0.15) is 21.5 Å². The molecular formula is C30H22N4O7S. The van der Waals surface area contributed by atoms with Gasteiger partial charge >= 0.3 is 5.97 Å². The molecule has 0 aliphatic heterocycles. The molecule has 0 bridgehead atoms. The van der Waals surface area contributed by atoms with Crippen LogP contribution >= 0.6 is 12.0 Å². The van der Waals surface area contributed by atoms with E-state index in [1.807, 2.05) is 42.5 Å². The predicted molar refractivity (Wildman–Crippen MR) is 155 cm³/mol. The number of carboxylic acids is 1. The molecule has 5 aromatic carbocycles. The highest BCUT2D eigenvalue weighted by Gasteiger charge is 2.15. The van der Waals surface area contributed by atoms with E-state index in [4.69, 9.17) is 10.4 Å². The van der Waals surface area contributed by atoms with Gasteiger partial charge in [0.15, 0.2) is 0 Å². The van der Waals surface area contributed by atoms with Crippen LogP contribution in [0.5, 0.6) is 11.5 Å². The van der Waals surface area contributed by atoms with Gasteiger partial charge in [-0.1, -0.05) is 47.5 Å². The van der Waals surface area contributed by atoms with Crippen molar-refractivity contribution in [1.82, 2.24) is 0 Å². The fraction of sp³-hybridized carbons (Fsp3) is 0.0333. The van der Waals surface area contributed by atoms with Gasteiger partial charge in [0, 0.05) is 4.90 Å². The molecule has 42 heavy (non-hydrogen) atoms. The molecule has 0 saturated heterocycles. The minimum Gasteiger partial charge on any atom is -0.507 e. The lowest BCUT2D eigenvalue weighted by atomic mass is 9.98. The van der Waals surface area contributed by atoms with E-state index in [0.29, 0.717) is 39.2 Å². The van der Waals surface area contributed by atoms with Crippen LogP contribution in [0.3, 0.4) is 0 Å². The fourth-order valence-electron chi connectivity index (χ4n) is 4.18. The van der Waals surface area contributed by atoms with Gasteiger partial charge in [-0.3, -0.25) is 0 Å². The molecule has 11 nitrogen and oxygen atoms in total. The van der Waals surface area contributed by atoms with Crippen LogP contribution in [-0.4, -0.2) is 26.5 Å². The summed E-state index contributed by atoms with van der Waals surface area (Å²) in [5, 5.41) is 60.2. The van der Waals surface area contributed by atoms with Gasteiger partial charge in [-0.25, -0.2) is 10.1 Å². The quantitative estimate of drug-likeness (QED) is 0.0548. The lowest BCUT2D eigenvalue weighted by Gasteiger charge is -2.12. The zero-order valence-corrected chi connectivity index (χ0v) is 22.5. The molecule has 0 radical (unpaired) electrons. The first-order valence-corrected chi connectivity index (χ1v) is 13.1. The minimum absolute atomic E-state index is 0.0450. The van der Waals surface area contributed by atoms with Crippen molar-refractivity contribution in [3.8, 4) is 11.5 Å².